The number of rotatable bonds is 2. The Labute approximate surface area is 121 Å². The van der Waals surface area contributed by atoms with Gasteiger partial charge in [-0.1, -0.05) is 15.9 Å². The van der Waals surface area contributed by atoms with E-state index in [1.165, 1.54) is 6.20 Å². The second-order valence-electron chi connectivity index (χ2n) is 4.35. The lowest BCUT2D eigenvalue weighted by atomic mass is 10.0. The van der Waals surface area contributed by atoms with E-state index in [0.29, 0.717) is 17.0 Å². The predicted molar refractivity (Wildman–Crippen MR) is 75.8 cm³/mol. The Morgan fingerprint density at radius 2 is 1.85 bits per heavy atom. The van der Waals surface area contributed by atoms with Crippen LogP contribution in [0.15, 0.2) is 47.1 Å². The molecule has 100 valence electrons. The first-order chi connectivity index (χ1) is 9.56. The van der Waals surface area contributed by atoms with Crippen molar-refractivity contribution in [3.05, 3.63) is 69.8 Å². The fourth-order valence-electron chi connectivity index (χ4n) is 2.10. The van der Waals surface area contributed by atoms with E-state index in [0.717, 1.165) is 22.1 Å². The number of hydrogen-bond donors (Lipinski definition) is 1. The van der Waals surface area contributed by atoms with Crippen LogP contribution >= 0.6 is 15.9 Å². The number of fused-ring (bicyclic) bond motifs is 1. The van der Waals surface area contributed by atoms with Gasteiger partial charge in [-0.15, -0.1) is 0 Å². The van der Waals surface area contributed by atoms with E-state index in [1.807, 2.05) is 12.1 Å². The summed E-state index contributed by atoms with van der Waals surface area (Å²) in [4.78, 5) is 15.3. The SMILES string of the molecule is O=C(c1ccc(F)cc1F)c1c[nH]c2ccc(Br)cc12. The molecular formula is C15H8BrF2NO. The molecule has 0 fully saturated rings. The maximum Gasteiger partial charge on any atom is 0.198 e. The van der Waals surface area contributed by atoms with Crippen LogP contribution in [-0.4, -0.2) is 10.8 Å². The lowest BCUT2D eigenvalue weighted by molar-refractivity contribution is 0.103. The van der Waals surface area contributed by atoms with Gasteiger partial charge in [-0.2, -0.15) is 0 Å². The van der Waals surface area contributed by atoms with Crippen LogP contribution < -0.4 is 0 Å². The number of nitrogens with one attached hydrogen (secondary N) is 1. The van der Waals surface area contributed by atoms with Gasteiger partial charge in [-0.3, -0.25) is 4.79 Å². The van der Waals surface area contributed by atoms with Crippen LogP contribution in [0.1, 0.15) is 15.9 Å². The Morgan fingerprint density at radius 1 is 1.05 bits per heavy atom. The molecule has 5 heteroatoms. The molecule has 1 aromatic heterocycles. The molecule has 0 atom stereocenters. The molecule has 0 aliphatic heterocycles. The molecule has 0 aliphatic rings. The second kappa shape index (κ2) is 4.83. The maximum atomic E-state index is 13.7. The fraction of sp³-hybridized carbons (Fsp3) is 0. The normalized spacial score (nSPS) is 10.9. The topological polar surface area (TPSA) is 32.9 Å². The molecule has 3 rings (SSSR count). The van der Waals surface area contributed by atoms with Crippen LogP contribution in [0.2, 0.25) is 0 Å². The summed E-state index contributed by atoms with van der Waals surface area (Å²) in [6.45, 7) is 0. The number of halogens is 3. The smallest absolute Gasteiger partial charge is 0.198 e. The third kappa shape index (κ3) is 2.14. The molecule has 1 N–H and O–H groups in total. The van der Waals surface area contributed by atoms with Crippen molar-refractivity contribution in [1.29, 1.82) is 0 Å². The van der Waals surface area contributed by atoms with E-state index in [2.05, 4.69) is 20.9 Å². The molecule has 1 heterocycles. The zero-order valence-corrected chi connectivity index (χ0v) is 11.7. The van der Waals surface area contributed by atoms with Crippen molar-refractivity contribution in [2.75, 3.05) is 0 Å². The summed E-state index contributed by atoms with van der Waals surface area (Å²) in [5, 5.41) is 0.688. The van der Waals surface area contributed by atoms with Crippen molar-refractivity contribution < 1.29 is 13.6 Å². The molecule has 0 radical (unpaired) electrons. The minimum atomic E-state index is -0.862. The zero-order valence-electron chi connectivity index (χ0n) is 10.1. The number of benzene rings is 2. The maximum absolute atomic E-state index is 13.7. The Balaban J connectivity index is 2.15. The largest absolute Gasteiger partial charge is 0.360 e. The van der Waals surface area contributed by atoms with Crippen molar-refractivity contribution in [2.24, 2.45) is 0 Å². The lowest BCUT2D eigenvalue weighted by Crippen LogP contribution is -2.04. The van der Waals surface area contributed by atoms with Crippen LogP contribution in [0.3, 0.4) is 0 Å². The van der Waals surface area contributed by atoms with Gasteiger partial charge < -0.3 is 4.98 Å². The summed E-state index contributed by atoms with van der Waals surface area (Å²) in [5.74, 6) is -2.05. The van der Waals surface area contributed by atoms with Crippen molar-refractivity contribution in [3.63, 3.8) is 0 Å². The molecule has 0 saturated carbocycles. The molecule has 0 unspecified atom stereocenters. The highest BCUT2D eigenvalue weighted by Gasteiger charge is 2.18. The molecule has 0 amide bonds. The van der Waals surface area contributed by atoms with E-state index in [9.17, 15) is 13.6 Å². The van der Waals surface area contributed by atoms with Gasteiger partial charge in [0.2, 0.25) is 0 Å². The summed E-state index contributed by atoms with van der Waals surface area (Å²) >= 11 is 3.33. The highest BCUT2D eigenvalue weighted by molar-refractivity contribution is 9.10. The minimum absolute atomic E-state index is 0.146. The van der Waals surface area contributed by atoms with Gasteiger partial charge in [0.25, 0.3) is 0 Å². The van der Waals surface area contributed by atoms with Crippen LogP contribution in [0.25, 0.3) is 10.9 Å². The fourth-order valence-corrected chi connectivity index (χ4v) is 2.46. The molecule has 2 aromatic carbocycles. The molecule has 20 heavy (non-hydrogen) atoms. The number of H-pyrrole nitrogens is 1. The standard InChI is InChI=1S/C15H8BrF2NO/c16-8-1-4-14-11(5-8)12(7-19-14)15(20)10-3-2-9(17)6-13(10)18/h1-7,19H. The number of carbonyl (C=O) groups is 1. The van der Waals surface area contributed by atoms with E-state index in [1.54, 1.807) is 6.07 Å². The number of ketones is 1. The summed E-state index contributed by atoms with van der Waals surface area (Å²) < 4.78 is 27.4. The highest BCUT2D eigenvalue weighted by Crippen LogP contribution is 2.25. The van der Waals surface area contributed by atoms with Crippen molar-refractivity contribution in [2.45, 2.75) is 0 Å². The van der Waals surface area contributed by atoms with Crippen LogP contribution in [0.5, 0.6) is 0 Å². The van der Waals surface area contributed by atoms with Crippen molar-refractivity contribution in [1.82, 2.24) is 4.98 Å². The van der Waals surface area contributed by atoms with Crippen molar-refractivity contribution in [3.8, 4) is 0 Å². The predicted octanol–water partition coefficient (Wildman–Crippen LogP) is 4.44. The first-order valence-electron chi connectivity index (χ1n) is 5.82. The molecule has 0 saturated heterocycles. The van der Waals surface area contributed by atoms with Gasteiger partial charge in [-0.25, -0.2) is 8.78 Å². The monoisotopic (exact) mass is 335 g/mol. The van der Waals surface area contributed by atoms with Crippen LogP contribution in [0, 0.1) is 11.6 Å². The molecule has 2 nitrogen and oxygen atoms in total. The Hall–Kier alpha value is -2.01. The molecule has 3 aromatic rings. The van der Waals surface area contributed by atoms with Gasteiger partial charge in [-0.05, 0) is 30.3 Å². The Morgan fingerprint density at radius 3 is 2.60 bits per heavy atom. The number of aromatic amines is 1. The van der Waals surface area contributed by atoms with Gasteiger partial charge in [0.1, 0.15) is 11.6 Å². The number of aromatic nitrogens is 1. The van der Waals surface area contributed by atoms with Crippen LogP contribution in [0.4, 0.5) is 8.78 Å². The number of hydrogen-bond acceptors (Lipinski definition) is 1. The Bertz CT molecular complexity index is 826. The lowest BCUT2D eigenvalue weighted by Gasteiger charge is -2.02. The number of carbonyl (C=O) groups excluding carboxylic acids is 1. The zero-order chi connectivity index (χ0) is 14.3. The average Bonchev–Trinajstić information content (AvgIpc) is 2.81. The van der Waals surface area contributed by atoms with Crippen LogP contribution in [-0.2, 0) is 0 Å². The average molecular weight is 336 g/mol. The second-order valence-corrected chi connectivity index (χ2v) is 5.26. The summed E-state index contributed by atoms with van der Waals surface area (Å²) in [5.41, 5.74) is 0.984. The third-order valence-corrected chi connectivity index (χ3v) is 3.56. The summed E-state index contributed by atoms with van der Waals surface area (Å²) in [7, 11) is 0. The van der Waals surface area contributed by atoms with E-state index < -0.39 is 17.4 Å². The molecule has 0 bridgehead atoms. The van der Waals surface area contributed by atoms with Gasteiger partial charge in [0, 0.05) is 33.2 Å². The van der Waals surface area contributed by atoms with Gasteiger partial charge in [0.05, 0.1) is 5.56 Å². The third-order valence-electron chi connectivity index (χ3n) is 3.06. The highest BCUT2D eigenvalue weighted by atomic mass is 79.9. The molecular weight excluding hydrogens is 328 g/mol. The first kappa shape index (κ1) is 13.0. The quantitative estimate of drug-likeness (QED) is 0.690. The van der Waals surface area contributed by atoms with Crippen molar-refractivity contribution >= 4 is 32.6 Å². The van der Waals surface area contributed by atoms with Gasteiger partial charge >= 0.3 is 0 Å². The minimum Gasteiger partial charge on any atom is -0.360 e. The first-order valence-corrected chi connectivity index (χ1v) is 6.62. The van der Waals surface area contributed by atoms with E-state index in [4.69, 9.17) is 0 Å². The molecule has 0 aliphatic carbocycles. The summed E-state index contributed by atoms with van der Waals surface area (Å²) in [6, 6.07) is 8.37. The Kier molecular flexibility index (Phi) is 3.14. The van der Waals surface area contributed by atoms with E-state index in [-0.39, 0.29) is 5.56 Å². The summed E-state index contributed by atoms with van der Waals surface area (Å²) in [6.07, 6.45) is 1.53. The molecule has 0 spiro atoms. The van der Waals surface area contributed by atoms with Gasteiger partial charge in [0.15, 0.2) is 5.78 Å². The van der Waals surface area contributed by atoms with E-state index >= 15 is 0 Å².